The number of hydrogen-bond donors (Lipinski definition) is 4. The van der Waals surface area contributed by atoms with Gasteiger partial charge in [0.05, 0.1) is 19.9 Å². The van der Waals surface area contributed by atoms with Crippen molar-refractivity contribution < 1.29 is 33.5 Å². The van der Waals surface area contributed by atoms with Crippen LogP contribution in [-0.2, 0) is 32.1 Å². The molecule has 1 aromatic heterocycles. The van der Waals surface area contributed by atoms with Gasteiger partial charge in [0, 0.05) is 80.1 Å². The first-order valence-electron chi connectivity index (χ1n) is 21.3. The van der Waals surface area contributed by atoms with Gasteiger partial charge in [-0.1, -0.05) is 31.9 Å². The van der Waals surface area contributed by atoms with Crippen LogP contribution in [0.4, 0.5) is 17.2 Å². The van der Waals surface area contributed by atoms with E-state index in [0.717, 1.165) is 42.8 Å². The molecule has 0 radical (unpaired) electrons. The Morgan fingerprint density at radius 3 is 2.59 bits per heavy atom. The number of aromatic nitrogens is 2. The van der Waals surface area contributed by atoms with Gasteiger partial charge in [-0.05, 0) is 70.0 Å². The maximum Gasteiger partial charge on any atom is 0.255 e. The Bertz CT molecular complexity index is 2180. The highest BCUT2D eigenvalue weighted by atomic mass is 16.5. The zero-order valence-corrected chi connectivity index (χ0v) is 35.4. The lowest BCUT2D eigenvalue weighted by Gasteiger charge is -2.43. The molecule has 0 spiro atoms. The summed E-state index contributed by atoms with van der Waals surface area (Å²) in [6.45, 7) is 4.72. The number of piperidine rings is 1. The molecule has 1 aliphatic carbocycles. The van der Waals surface area contributed by atoms with E-state index in [9.17, 15) is 28.8 Å². The Kier molecular flexibility index (Phi) is 13.6. The molecule has 7 rings (SSSR count). The summed E-state index contributed by atoms with van der Waals surface area (Å²) in [5.41, 5.74) is 3.67. The molecule has 17 heteroatoms. The molecule has 324 valence electrons. The second-order valence-electron chi connectivity index (χ2n) is 16.2. The number of rotatable bonds is 17. The van der Waals surface area contributed by atoms with Crippen molar-refractivity contribution in [2.45, 2.75) is 89.4 Å². The number of hydrogen-bond acceptors (Lipinski definition) is 12. The van der Waals surface area contributed by atoms with Crippen LogP contribution in [0.15, 0.2) is 42.6 Å². The Balaban J connectivity index is 0.832. The second-order valence-corrected chi connectivity index (χ2v) is 16.2. The summed E-state index contributed by atoms with van der Waals surface area (Å²) in [5.74, 6) is 0.511. The first kappa shape index (κ1) is 43.2. The van der Waals surface area contributed by atoms with Crippen LogP contribution in [0.5, 0.6) is 5.75 Å². The van der Waals surface area contributed by atoms with E-state index in [0.29, 0.717) is 79.4 Å². The fourth-order valence-corrected chi connectivity index (χ4v) is 8.83. The zero-order valence-electron chi connectivity index (χ0n) is 35.4. The van der Waals surface area contributed by atoms with Crippen molar-refractivity contribution in [2.24, 2.45) is 0 Å². The third kappa shape index (κ3) is 9.52. The highest BCUT2D eigenvalue weighted by Crippen LogP contribution is 2.40. The molecule has 0 bridgehead atoms. The second kappa shape index (κ2) is 19.2. The maximum atomic E-state index is 13.3. The molecule has 3 aliphatic heterocycles. The van der Waals surface area contributed by atoms with Gasteiger partial charge in [-0.3, -0.25) is 39.0 Å². The SMILES string of the molecule is CC[C@@H]1C(=O)N(C)c2cnc(Cc3ccc(C(=O)NCCCNCCN(C)CC(=O)Nc4cccc5c4CN(C4CCC(=O)NC4=O)C5=O)cc3OC)nc2N1C1CCCC1. The number of nitrogens with zero attached hydrogens (tertiary/aromatic N) is 6. The normalized spacial score (nSPS) is 19.0. The molecule has 2 fully saturated rings. The number of amides is 6. The van der Waals surface area contributed by atoms with Crippen molar-refractivity contribution in [3.63, 3.8) is 0 Å². The van der Waals surface area contributed by atoms with Gasteiger partial charge in [-0.2, -0.15) is 0 Å². The lowest BCUT2D eigenvalue weighted by Crippen LogP contribution is -2.55. The van der Waals surface area contributed by atoms with Gasteiger partial charge >= 0.3 is 0 Å². The number of carbonyl (C=O) groups is 6. The minimum Gasteiger partial charge on any atom is -0.496 e. The van der Waals surface area contributed by atoms with Crippen LogP contribution in [0, 0.1) is 0 Å². The van der Waals surface area contributed by atoms with Crippen LogP contribution in [0.25, 0.3) is 0 Å². The minimum absolute atomic E-state index is 0.0756. The van der Waals surface area contributed by atoms with Crippen molar-refractivity contribution in [3.8, 4) is 5.75 Å². The number of imide groups is 1. The molecule has 2 atom stereocenters. The van der Waals surface area contributed by atoms with E-state index < -0.39 is 11.9 Å². The van der Waals surface area contributed by atoms with E-state index in [1.54, 1.807) is 55.6 Å². The molecule has 4 aliphatic rings. The smallest absolute Gasteiger partial charge is 0.255 e. The maximum absolute atomic E-state index is 13.3. The predicted octanol–water partition coefficient (Wildman–Crippen LogP) is 2.62. The van der Waals surface area contributed by atoms with Gasteiger partial charge < -0.3 is 35.4 Å². The van der Waals surface area contributed by atoms with Crippen LogP contribution in [-0.4, -0.2) is 127 Å². The van der Waals surface area contributed by atoms with Crippen LogP contribution in [0.3, 0.4) is 0 Å². The number of fused-ring (bicyclic) bond motifs is 2. The largest absolute Gasteiger partial charge is 0.496 e. The molecule has 61 heavy (non-hydrogen) atoms. The molecule has 1 saturated heterocycles. The standard InChI is InChI=1S/C44H56N10O7/c1-5-33-44(60)52(3)35-24-47-37(49-40(35)54(33)29-10-6-7-11-29)23-27-14-15-28(22-36(27)61-4)41(57)46-19-9-18-45-20-21-51(2)26-39(56)48-32-13-8-12-30-31(32)25-53(43(30)59)34-16-17-38(55)50-42(34)58/h8,12-15,22,24,29,33-34,45H,5-7,9-11,16-21,23,25-26H2,1-4H3,(H,46,57)(H,48,56)(H,50,55,58)/t33-,34?/m1/s1. The molecule has 17 nitrogen and oxygen atoms in total. The first-order valence-corrected chi connectivity index (χ1v) is 21.3. The Labute approximate surface area is 356 Å². The van der Waals surface area contributed by atoms with Gasteiger partial charge in [-0.25, -0.2) is 9.97 Å². The monoisotopic (exact) mass is 836 g/mol. The highest BCUT2D eigenvalue weighted by molar-refractivity contribution is 6.07. The number of ether oxygens (including phenoxy) is 1. The lowest BCUT2D eigenvalue weighted by atomic mass is 10.0. The number of anilines is 3. The Hall–Kier alpha value is -5.94. The van der Waals surface area contributed by atoms with Crippen molar-refractivity contribution >= 4 is 52.6 Å². The fourth-order valence-electron chi connectivity index (χ4n) is 8.83. The van der Waals surface area contributed by atoms with Crippen molar-refractivity contribution in [3.05, 3.63) is 70.7 Å². The Morgan fingerprint density at radius 1 is 1.03 bits per heavy atom. The molecule has 6 amide bonds. The van der Waals surface area contributed by atoms with Gasteiger partial charge in [0.25, 0.3) is 11.8 Å². The third-order valence-corrected chi connectivity index (χ3v) is 12.1. The third-order valence-electron chi connectivity index (χ3n) is 12.1. The Morgan fingerprint density at radius 2 is 1.84 bits per heavy atom. The zero-order chi connectivity index (χ0) is 43.2. The quantitative estimate of drug-likeness (QED) is 0.115. The van der Waals surface area contributed by atoms with Crippen LogP contribution < -0.4 is 35.8 Å². The molecule has 2 aromatic carbocycles. The van der Waals surface area contributed by atoms with Gasteiger partial charge in [-0.15, -0.1) is 0 Å². The summed E-state index contributed by atoms with van der Waals surface area (Å²) in [5, 5.41) is 11.6. The predicted molar refractivity (Wildman–Crippen MR) is 228 cm³/mol. The van der Waals surface area contributed by atoms with Crippen LogP contribution in [0.1, 0.15) is 96.0 Å². The van der Waals surface area contributed by atoms with E-state index in [-0.39, 0.29) is 67.6 Å². The van der Waals surface area contributed by atoms with E-state index in [1.165, 1.54) is 4.90 Å². The first-order chi connectivity index (χ1) is 29.5. The number of methoxy groups -OCH3 is 1. The van der Waals surface area contributed by atoms with Gasteiger partial charge in [0.2, 0.25) is 23.6 Å². The molecular weight excluding hydrogens is 781 g/mol. The van der Waals surface area contributed by atoms with E-state index in [2.05, 4.69) is 31.2 Å². The molecule has 4 heterocycles. The summed E-state index contributed by atoms with van der Waals surface area (Å²) >= 11 is 0. The minimum atomic E-state index is -0.729. The van der Waals surface area contributed by atoms with Crippen LogP contribution >= 0.6 is 0 Å². The fraction of sp³-hybridized carbons (Fsp3) is 0.500. The number of carbonyl (C=O) groups excluding carboxylic acids is 6. The molecular formula is C44H56N10O7. The topological polar surface area (TPSA) is 199 Å². The average molecular weight is 837 g/mol. The number of nitrogens with one attached hydrogen (secondary N) is 4. The van der Waals surface area contributed by atoms with Crippen molar-refractivity contribution in [2.75, 3.05) is 69.0 Å². The molecule has 3 aromatic rings. The van der Waals surface area contributed by atoms with Crippen LogP contribution in [0.2, 0.25) is 0 Å². The van der Waals surface area contributed by atoms with Gasteiger partial charge in [0.1, 0.15) is 29.3 Å². The molecule has 1 saturated carbocycles. The molecule has 1 unspecified atom stereocenters. The van der Waals surface area contributed by atoms with E-state index in [1.807, 2.05) is 24.9 Å². The number of benzene rings is 2. The summed E-state index contributed by atoms with van der Waals surface area (Å²) in [6.07, 6.45) is 8.37. The van der Waals surface area contributed by atoms with Crippen molar-refractivity contribution in [1.29, 1.82) is 0 Å². The highest BCUT2D eigenvalue weighted by Gasteiger charge is 2.42. The summed E-state index contributed by atoms with van der Waals surface area (Å²) in [6, 6.07) is 9.82. The van der Waals surface area contributed by atoms with E-state index in [4.69, 9.17) is 9.72 Å². The summed E-state index contributed by atoms with van der Waals surface area (Å²) in [7, 11) is 5.22. The molecule has 4 N–H and O–H groups in total. The van der Waals surface area contributed by atoms with Crippen molar-refractivity contribution in [1.82, 2.24) is 35.7 Å². The summed E-state index contributed by atoms with van der Waals surface area (Å²) in [4.78, 5) is 93.4. The van der Waals surface area contributed by atoms with Gasteiger partial charge in [0.15, 0.2) is 5.82 Å². The lowest BCUT2D eigenvalue weighted by molar-refractivity contribution is -0.137. The van der Waals surface area contributed by atoms with E-state index >= 15 is 0 Å². The summed E-state index contributed by atoms with van der Waals surface area (Å²) < 4.78 is 5.71. The number of likely N-dealkylation sites (N-methyl/N-ethyl adjacent to an activating group) is 2. The average Bonchev–Trinajstić information content (AvgIpc) is 3.90.